The van der Waals surface area contributed by atoms with E-state index >= 15 is 0 Å². The van der Waals surface area contributed by atoms with Gasteiger partial charge in [-0.3, -0.25) is 0 Å². The van der Waals surface area contributed by atoms with Gasteiger partial charge in [-0.15, -0.1) is 0 Å². The molecule has 0 aromatic rings. The van der Waals surface area contributed by atoms with Crippen LogP contribution in [-0.4, -0.2) is 48.3 Å². The predicted octanol–water partition coefficient (Wildman–Crippen LogP) is 16.5. The average Bonchev–Trinajstić information content (AvgIpc) is 3.04. The van der Waals surface area contributed by atoms with Crippen LogP contribution in [0.1, 0.15) is 221 Å². The molecule has 0 aliphatic rings. The van der Waals surface area contributed by atoms with Crippen LogP contribution < -0.4 is 0 Å². The van der Waals surface area contributed by atoms with E-state index in [-0.39, 0.29) is 21.1 Å². The second-order valence-corrected chi connectivity index (χ2v) is 44.5. The van der Waals surface area contributed by atoms with E-state index in [0.29, 0.717) is 0 Å². The Labute approximate surface area is 302 Å². The Morgan fingerprint density at radius 2 is 0.591 bits per heavy atom. The molecule has 266 valence electrons. The molecule has 0 fully saturated rings. The molecule has 2 radical (unpaired) electrons. The summed E-state index contributed by atoms with van der Waals surface area (Å²) in [4.78, 5) is 0. The van der Waals surface area contributed by atoms with E-state index < -0.39 is 15.6 Å². The third-order valence-electron chi connectivity index (χ3n) is 8.96. The van der Waals surface area contributed by atoms with Crippen molar-refractivity contribution in [3.8, 4) is 0 Å². The molecule has 0 aliphatic heterocycles. The fourth-order valence-corrected chi connectivity index (χ4v) is 41.2. The van der Waals surface area contributed by atoms with Crippen molar-refractivity contribution in [1.29, 1.82) is 0 Å². The van der Waals surface area contributed by atoms with Gasteiger partial charge in [-0.05, 0) is 0 Å². The second-order valence-electron chi connectivity index (χ2n) is 13.6. The molecular formula is C40H86S2Sn2. The maximum atomic E-state index is 2.58. The Morgan fingerprint density at radius 1 is 0.318 bits per heavy atom. The van der Waals surface area contributed by atoms with Crippen LogP contribution in [0.15, 0.2) is 0 Å². The van der Waals surface area contributed by atoms with Crippen LogP contribution in [0.25, 0.3) is 0 Å². The van der Waals surface area contributed by atoms with Crippen molar-refractivity contribution in [2.45, 2.75) is 239 Å². The van der Waals surface area contributed by atoms with Gasteiger partial charge >= 0.3 is 291 Å². The fraction of sp³-hybridized carbons (Fsp3) is 1.00. The molecule has 0 saturated carbocycles. The Balaban J connectivity index is 0. The second kappa shape index (κ2) is 43.3. The minimum absolute atomic E-state index is 0.149. The van der Waals surface area contributed by atoms with Crippen molar-refractivity contribution in [1.82, 2.24) is 0 Å². The van der Waals surface area contributed by atoms with Gasteiger partial charge in [0.25, 0.3) is 0 Å². The van der Waals surface area contributed by atoms with Gasteiger partial charge in [-0.2, -0.15) is 0 Å². The van der Waals surface area contributed by atoms with E-state index in [4.69, 9.17) is 0 Å². The summed E-state index contributed by atoms with van der Waals surface area (Å²) in [6, 6.07) is 0. The first kappa shape index (κ1) is 48.4. The Morgan fingerprint density at radius 3 is 0.886 bits per heavy atom. The summed E-state index contributed by atoms with van der Waals surface area (Å²) in [7, 11) is 5.16. The van der Waals surface area contributed by atoms with Gasteiger partial charge in [0.05, 0.1) is 0 Å². The summed E-state index contributed by atoms with van der Waals surface area (Å²) in [6.07, 6.45) is 41.1. The van der Waals surface area contributed by atoms with Gasteiger partial charge in [-0.1, -0.05) is 13.8 Å². The van der Waals surface area contributed by atoms with E-state index in [0.717, 1.165) is 0 Å². The van der Waals surface area contributed by atoms with Crippen LogP contribution in [0.3, 0.4) is 0 Å². The quantitative estimate of drug-likeness (QED) is 0.0455. The molecule has 0 heterocycles. The Bertz CT molecular complexity index is 446. The molecule has 0 aromatic heterocycles. The van der Waals surface area contributed by atoms with Gasteiger partial charge in [0, 0.05) is 0 Å². The number of rotatable bonds is 36. The van der Waals surface area contributed by atoms with Crippen molar-refractivity contribution < 1.29 is 0 Å². The Hall–Kier alpha value is 2.30. The molecule has 0 amide bonds. The van der Waals surface area contributed by atoms with Crippen molar-refractivity contribution in [2.75, 3.05) is 11.5 Å². The summed E-state index contributed by atoms with van der Waals surface area (Å²) in [5.41, 5.74) is 0. The van der Waals surface area contributed by atoms with Crippen LogP contribution in [0, 0.1) is 0 Å². The summed E-state index contributed by atoms with van der Waals surface area (Å²) < 4.78 is 6.55. The van der Waals surface area contributed by atoms with Crippen molar-refractivity contribution in [3.05, 3.63) is 0 Å². The van der Waals surface area contributed by atoms with Gasteiger partial charge in [0.2, 0.25) is 0 Å². The molecule has 0 N–H and O–H groups in total. The summed E-state index contributed by atoms with van der Waals surface area (Å²) in [6.45, 7) is 14.0. The summed E-state index contributed by atoms with van der Waals surface area (Å²) in [5, 5.41) is 0. The Kier molecular flexibility index (Phi) is 47.7. The molecule has 0 saturated heterocycles. The van der Waals surface area contributed by atoms with Crippen LogP contribution in [0.5, 0.6) is 0 Å². The van der Waals surface area contributed by atoms with Crippen LogP contribution >= 0.6 is 17.9 Å². The van der Waals surface area contributed by atoms with E-state index in [9.17, 15) is 0 Å². The zero-order valence-corrected chi connectivity index (χ0v) is 39.2. The number of unbranched alkanes of at least 4 members (excludes halogenated alkanes) is 22. The molecule has 0 aromatic carbocycles. The van der Waals surface area contributed by atoms with Crippen molar-refractivity contribution in [3.63, 3.8) is 0 Å². The monoisotopic (exact) mass is 870 g/mol. The SMILES string of the molecule is CCCCCCCCCCCC[S][Sn]([CH2]CCC)([CH2]CCC)[S]CCCCCCCCCCCC.CCC[CH2][Sn][CH2]CCC. The third-order valence-corrected chi connectivity index (χ3v) is 44.1. The third kappa shape index (κ3) is 38.7. The van der Waals surface area contributed by atoms with Crippen LogP contribution in [0.2, 0.25) is 17.7 Å². The first-order chi connectivity index (χ1) is 21.7. The van der Waals surface area contributed by atoms with Gasteiger partial charge in [-0.25, -0.2) is 0 Å². The molecular weight excluding hydrogens is 782 g/mol. The van der Waals surface area contributed by atoms with Gasteiger partial charge in [0.15, 0.2) is 0 Å². The zero-order valence-electron chi connectivity index (χ0n) is 31.9. The van der Waals surface area contributed by atoms with E-state index in [2.05, 4.69) is 59.4 Å². The van der Waals surface area contributed by atoms with Crippen LogP contribution in [0.4, 0.5) is 0 Å². The van der Waals surface area contributed by atoms with Crippen LogP contribution in [-0.2, 0) is 0 Å². The van der Waals surface area contributed by atoms with Crippen molar-refractivity contribution in [2.24, 2.45) is 0 Å². The molecule has 0 atom stereocenters. The zero-order chi connectivity index (χ0) is 32.7. The molecule has 0 bridgehead atoms. The van der Waals surface area contributed by atoms with E-state index in [1.54, 1.807) is 17.7 Å². The van der Waals surface area contributed by atoms with Gasteiger partial charge in [0.1, 0.15) is 0 Å². The maximum absolute atomic E-state index is 2.58. The van der Waals surface area contributed by atoms with Crippen molar-refractivity contribution >= 4 is 54.6 Å². The minimum atomic E-state index is -2.07. The first-order valence-electron chi connectivity index (χ1n) is 20.6. The predicted molar refractivity (Wildman–Crippen MR) is 219 cm³/mol. The topological polar surface area (TPSA) is 0 Å². The molecule has 0 rings (SSSR count). The van der Waals surface area contributed by atoms with E-state index in [1.165, 1.54) is 191 Å². The molecule has 0 unspecified atom stereocenters. The van der Waals surface area contributed by atoms with E-state index in [1.807, 2.05) is 0 Å². The fourth-order valence-electron chi connectivity index (χ4n) is 5.77. The molecule has 4 heteroatoms. The van der Waals surface area contributed by atoms with Gasteiger partial charge < -0.3 is 0 Å². The normalized spacial score (nSPS) is 11.6. The molecule has 0 aliphatic carbocycles. The summed E-state index contributed by atoms with van der Waals surface area (Å²) in [5.74, 6) is 2.98. The molecule has 0 nitrogen and oxygen atoms in total. The standard InChI is InChI=1S/2C12H26S.4C4H9.2Sn/c2*1-2-3-4-5-6-7-8-9-10-11-12-13;4*1-3-4-2;;/h2*13H,2-12H2,1H3;4*1,3-4H2,2H3;;/q;;;;;;;+2/p-2. The first-order valence-corrected chi connectivity index (χ1v) is 37.7. The average molecular weight is 869 g/mol. The number of hydrogen-bond acceptors (Lipinski definition) is 2. The molecule has 44 heavy (non-hydrogen) atoms. The number of hydrogen-bond donors (Lipinski definition) is 0. The summed E-state index contributed by atoms with van der Waals surface area (Å²) >= 11 is -1.92. The molecule has 0 spiro atoms.